The van der Waals surface area contributed by atoms with Gasteiger partial charge in [0.2, 0.25) is 0 Å². The Bertz CT molecular complexity index is 563. The Hall–Kier alpha value is -2.37. The number of hydrogen-bond acceptors (Lipinski definition) is 5. The first kappa shape index (κ1) is 13.1. The molecule has 0 bridgehead atoms. The van der Waals surface area contributed by atoms with Crippen LogP contribution in [0.2, 0.25) is 0 Å². The highest BCUT2D eigenvalue weighted by molar-refractivity contribution is 6.05. The summed E-state index contributed by atoms with van der Waals surface area (Å²) in [5, 5.41) is 9.74. The summed E-state index contributed by atoms with van der Waals surface area (Å²) in [6.45, 7) is 5.79. The van der Waals surface area contributed by atoms with Crippen molar-refractivity contribution in [3.05, 3.63) is 35.9 Å². The van der Waals surface area contributed by atoms with Crippen LogP contribution in [0.5, 0.6) is 0 Å². The second-order valence-corrected chi connectivity index (χ2v) is 4.46. The van der Waals surface area contributed by atoms with Gasteiger partial charge >= 0.3 is 0 Å². The van der Waals surface area contributed by atoms with Crippen LogP contribution in [0, 0.1) is 6.92 Å². The monoisotopic (exact) mass is 260 g/mol. The molecule has 0 spiro atoms. The summed E-state index contributed by atoms with van der Waals surface area (Å²) in [7, 11) is 0. The number of anilines is 2. The minimum absolute atomic E-state index is 0.215. The molecule has 0 aromatic carbocycles. The minimum atomic E-state index is -0.270. The highest BCUT2D eigenvalue weighted by Crippen LogP contribution is 2.25. The number of carbonyl (C=O) groups excluding carboxylic acids is 1. The van der Waals surface area contributed by atoms with Crippen molar-refractivity contribution in [3.63, 3.8) is 0 Å². The zero-order valence-corrected chi connectivity index (χ0v) is 11.1. The lowest BCUT2D eigenvalue weighted by Gasteiger charge is -2.10. The van der Waals surface area contributed by atoms with E-state index in [9.17, 15) is 4.79 Å². The van der Waals surface area contributed by atoms with Crippen LogP contribution >= 0.6 is 0 Å². The lowest BCUT2D eigenvalue weighted by molar-refractivity contribution is 0.102. The number of carbonyl (C=O) groups is 1. The van der Waals surface area contributed by atoms with Gasteiger partial charge in [-0.2, -0.15) is 0 Å². The van der Waals surface area contributed by atoms with Crippen molar-refractivity contribution in [2.75, 3.05) is 10.6 Å². The van der Waals surface area contributed by atoms with E-state index in [1.165, 1.54) is 6.20 Å². The molecule has 0 fully saturated rings. The van der Waals surface area contributed by atoms with Crippen LogP contribution in [0.15, 0.2) is 29.0 Å². The number of aryl methyl sites for hydroxylation is 1. The Morgan fingerprint density at radius 3 is 2.84 bits per heavy atom. The molecule has 6 heteroatoms. The van der Waals surface area contributed by atoms with Crippen LogP contribution in [0.1, 0.15) is 30.0 Å². The summed E-state index contributed by atoms with van der Waals surface area (Å²) in [5.41, 5.74) is 1.17. The van der Waals surface area contributed by atoms with E-state index in [0.717, 1.165) is 0 Å². The molecule has 2 aromatic heterocycles. The molecular weight excluding hydrogens is 244 g/mol. The number of nitrogens with one attached hydrogen (secondary N) is 2. The van der Waals surface area contributed by atoms with Crippen LogP contribution in [-0.2, 0) is 0 Å². The molecule has 100 valence electrons. The smallest absolute Gasteiger partial charge is 0.258 e. The van der Waals surface area contributed by atoms with Crippen molar-refractivity contribution in [1.82, 2.24) is 10.1 Å². The molecule has 0 aliphatic rings. The van der Waals surface area contributed by atoms with Crippen molar-refractivity contribution in [2.45, 2.75) is 26.8 Å². The van der Waals surface area contributed by atoms with E-state index in [-0.39, 0.29) is 11.9 Å². The van der Waals surface area contributed by atoms with E-state index in [4.69, 9.17) is 4.52 Å². The van der Waals surface area contributed by atoms with Gasteiger partial charge in [-0.05, 0) is 32.9 Å². The number of rotatable bonds is 4. The highest BCUT2D eigenvalue weighted by Gasteiger charge is 2.16. The van der Waals surface area contributed by atoms with Gasteiger partial charge in [-0.25, -0.2) is 0 Å². The Morgan fingerprint density at radius 1 is 1.42 bits per heavy atom. The first-order chi connectivity index (χ1) is 9.08. The van der Waals surface area contributed by atoms with Gasteiger partial charge in [0.25, 0.3) is 5.91 Å². The van der Waals surface area contributed by atoms with Crippen LogP contribution in [-0.4, -0.2) is 22.1 Å². The number of nitrogens with zero attached hydrogens (tertiary/aromatic N) is 2. The van der Waals surface area contributed by atoms with Crippen molar-refractivity contribution in [1.29, 1.82) is 0 Å². The number of aromatic nitrogens is 2. The van der Waals surface area contributed by atoms with Crippen LogP contribution in [0.3, 0.4) is 0 Å². The molecule has 0 unspecified atom stereocenters. The molecule has 0 radical (unpaired) electrons. The first-order valence-electron chi connectivity index (χ1n) is 6.02. The summed E-state index contributed by atoms with van der Waals surface area (Å²) in [6, 6.07) is 3.60. The lowest BCUT2D eigenvalue weighted by atomic mass is 10.2. The van der Waals surface area contributed by atoms with Gasteiger partial charge < -0.3 is 15.2 Å². The Morgan fingerprint density at radius 2 is 2.21 bits per heavy atom. The van der Waals surface area contributed by atoms with Crippen LogP contribution in [0.4, 0.5) is 11.5 Å². The molecule has 2 aromatic rings. The quantitative estimate of drug-likeness (QED) is 0.882. The molecular formula is C13H16N4O2. The molecule has 6 nitrogen and oxygen atoms in total. The van der Waals surface area contributed by atoms with Gasteiger partial charge in [0.15, 0.2) is 11.6 Å². The summed E-state index contributed by atoms with van der Waals surface area (Å²) in [5.74, 6) is 0.753. The minimum Gasteiger partial charge on any atom is -0.377 e. The average Bonchev–Trinajstić information content (AvgIpc) is 2.72. The first-order valence-corrected chi connectivity index (χ1v) is 6.02. The predicted molar refractivity (Wildman–Crippen MR) is 72.2 cm³/mol. The molecule has 19 heavy (non-hydrogen) atoms. The van der Waals surface area contributed by atoms with Crippen LogP contribution in [0.25, 0.3) is 0 Å². The number of amides is 1. The van der Waals surface area contributed by atoms with E-state index in [0.29, 0.717) is 22.8 Å². The maximum atomic E-state index is 12.0. The third-order valence-corrected chi connectivity index (χ3v) is 2.45. The molecule has 0 saturated carbocycles. The zero-order valence-electron chi connectivity index (χ0n) is 11.1. The van der Waals surface area contributed by atoms with Gasteiger partial charge in [0.05, 0.1) is 5.56 Å². The van der Waals surface area contributed by atoms with Crippen LogP contribution < -0.4 is 10.6 Å². The summed E-state index contributed by atoms with van der Waals surface area (Å²) in [4.78, 5) is 15.9. The van der Waals surface area contributed by atoms with E-state index < -0.39 is 0 Å². The van der Waals surface area contributed by atoms with Gasteiger partial charge in [-0.3, -0.25) is 9.78 Å². The predicted octanol–water partition coefficient (Wildman–Crippen LogP) is 2.45. The Balaban J connectivity index is 2.18. The molecule has 2 N–H and O–H groups in total. The third kappa shape index (κ3) is 3.09. The van der Waals surface area contributed by atoms with Gasteiger partial charge in [-0.1, -0.05) is 5.16 Å². The molecule has 2 heterocycles. The Labute approximate surface area is 111 Å². The zero-order chi connectivity index (χ0) is 13.8. The van der Waals surface area contributed by atoms with Crippen molar-refractivity contribution in [3.8, 4) is 0 Å². The van der Waals surface area contributed by atoms with Gasteiger partial charge in [0.1, 0.15) is 5.69 Å². The average molecular weight is 260 g/mol. The molecule has 0 aliphatic carbocycles. The second kappa shape index (κ2) is 5.51. The highest BCUT2D eigenvalue weighted by atomic mass is 16.5. The van der Waals surface area contributed by atoms with Crippen molar-refractivity contribution < 1.29 is 9.32 Å². The number of pyridine rings is 1. The largest absolute Gasteiger partial charge is 0.377 e. The van der Waals surface area contributed by atoms with Gasteiger partial charge in [0, 0.05) is 18.4 Å². The second-order valence-electron chi connectivity index (χ2n) is 4.46. The normalized spacial score (nSPS) is 10.5. The fraction of sp³-hybridized carbons (Fsp3) is 0.308. The topological polar surface area (TPSA) is 80.1 Å². The lowest BCUT2D eigenvalue weighted by Crippen LogP contribution is -2.16. The number of hydrogen-bond donors (Lipinski definition) is 2. The maximum Gasteiger partial charge on any atom is 0.258 e. The van der Waals surface area contributed by atoms with E-state index in [1.807, 2.05) is 13.8 Å². The van der Waals surface area contributed by atoms with E-state index in [1.54, 1.807) is 25.3 Å². The summed E-state index contributed by atoms with van der Waals surface area (Å²) in [6.07, 6.45) is 3.11. The molecule has 2 rings (SSSR count). The Kier molecular flexibility index (Phi) is 3.79. The molecule has 0 atom stereocenters. The fourth-order valence-electron chi connectivity index (χ4n) is 1.59. The maximum absolute atomic E-state index is 12.0. The van der Waals surface area contributed by atoms with Crippen molar-refractivity contribution in [2.24, 2.45) is 0 Å². The molecule has 0 saturated heterocycles. The summed E-state index contributed by atoms with van der Waals surface area (Å²) >= 11 is 0. The van der Waals surface area contributed by atoms with E-state index in [2.05, 4.69) is 20.8 Å². The van der Waals surface area contributed by atoms with E-state index >= 15 is 0 Å². The standard InChI is InChI=1S/C13H16N4O2/c1-8(2)15-11-9(3)19-17-12(11)16-13(18)10-5-4-6-14-7-10/h4-8,15H,1-3H3,(H,16,17,18). The van der Waals surface area contributed by atoms with Gasteiger partial charge in [-0.15, -0.1) is 0 Å². The summed E-state index contributed by atoms with van der Waals surface area (Å²) < 4.78 is 5.09. The molecule has 0 aliphatic heterocycles. The third-order valence-electron chi connectivity index (χ3n) is 2.45. The SMILES string of the molecule is Cc1onc(NC(=O)c2cccnc2)c1NC(C)C. The fourth-order valence-corrected chi connectivity index (χ4v) is 1.59. The van der Waals surface area contributed by atoms with Crippen molar-refractivity contribution >= 4 is 17.4 Å². The molecule has 1 amide bonds.